The second kappa shape index (κ2) is 9.45. The molecule has 3 amide bonds. The largest absolute Gasteiger partial charge is 0.350 e. The first-order valence-corrected chi connectivity index (χ1v) is 8.68. The van der Waals surface area contributed by atoms with Crippen LogP contribution in [0.3, 0.4) is 0 Å². The van der Waals surface area contributed by atoms with Crippen LogP contribution >= 0.6 is 0 Å². The van der Waals surface area contributed by atoms with E-state index in [-0.39, 0.29) is 30.3 Å². The molecule has 2 atom stereocenters. The van der Waals surface area contributed by atoms with Gasteiger partial charge in [-0.3, -0.25) is 14.4 Å². The summed E-state index contributed by atoms with van der Waals surface area (Å²) in [6, 6.07) is -0.183. The molecule has 0 aromatic heterocycles. The van der Waals surface area contributed by atoms with Crippen molar-refractivity contribution in [2.45, 2.75) is 46.6 Å². The number of likely N-dealkylation sites (N-methyl/N-ethyl adjacent to an activating group) is 1. The highest BCUT2D eigenvalue weighted by Gasteiger charge is 2.25. The normalized spacial score (nSPS) is 19.8. The van der Waals surface area contributed by atoms with Crippen LogP contribution in [0.25, 0.3) is 0 Å². The van der Waals surface area contributed by atoms with Gasteiger partial charge in [0.05, 0.1) is 12.6 Å². The third-order valence-electron chi connectivity index (χ3n) is 4.56. The minimum Gasteiger partial charge on any atom is -0.350 e. The molecular weight excluding hydrogens is 306 g/mol. The molecule has 0 radical (unpaired) electrons. The highest BCUT2D eigenvalue weighted by molar-refractivity contribution is 5.93. The van der Waals surface area contributed by atoms with E-state index in [9.17, 15) is 14.4 Å². The molecule has 1 aliphatic heterocycles. The Morgan fingerprint density at radius 1 is 1.38 bits per heavy atom. The molecule has 1 saturated heterocycles. The number of carbonyl (C=O) groups is 3. The molecule has 0 aromatic rings. The summed E-state index contributed by atoms with van der Waals surface area (Å²) in [6.45, 7) is 9.58. The van der Waals surface area contributed by atoms with E-state index in [1.54, 1.807) is 11.9 Å². The van der Waals surface area contributed by atoms with Crippen molar-refractivity contribution in [3.05, 3.63) is 11.6 Å². The lowest BCUT2D eigenvalue weighted by Gasteiger charge is -2.33. The van der Waals surface area contributed by atoms with Gasteiger partial charge in [-0.05, 0) is 31.6 Å². The Kier molecular flexibility index (Phi) is 7.95. The molecule has 6 nitrogen and oxygen atoms in total. The molecule has 0 spiro atoms. The first-order chi connectivity index (χ1) is 11.3. The maximum atomic E-state index is 12.7. The van der Waals surface area contributed by atoms with Gasteiger partial charge in [-0.2, -0.15) is 0 Å². The quantitative estimate of drug-likeness (QED) is 0.564. The number of carbonyl (C=O) groups excluding carboxylic acids is 3. The summed E-state index contributed by atoms with van der Waals surface area (Å²) in [4.78, 5) is 38.6. The number of hydrogen-bond acceptors (Lipinski definition) is 3. The highest BCUT2D eigenvalue weighted by Crippen LogP contribution is 2.19. The van der Waals surface area contributed by atoms with E-state index >= 15 is 0 Å². The summed E-state index contributed by atoms with van der Waals surface area (Å²) in [6.07, 6.45) is 4.61. The van der Waals surface area contributed by atoms with Crippen LogP contribution in [0.1, 0.15) is 40.5 Å². The van der Waals surface area contributed by atoms with E-state index in [0.717, 1.165) is 19.5 Å². The fourth-order valence-electron chi connectivity index (χ4n) is 3.12. The molecule has 0 aliphatic carbocycles. The Morgan fingerprint density at radius 3 is 2.58 bits per heavy atom. The number of piperidine rings is 1. The van der Waals surface area contributed by atoms with Crippen LogP contribution in [0, 0.1) is 11.8 Å². The van der Waals surface area contributed by atoms with Gasteiger partial charge >= 0.3 is 0 Å². The minimum absolute atomic E-state index is 0.0340. The lowest BCUT2D eigenvalue weighted by atomic mass is 9.97. The first-order valence-electron chi connectivity index (χ1n) is 8.68. The molecule has 1 unspecified atom stereocenters. The van der Waals surface area contributed by atoms with Gasteiger partial charge in [-0.1, -0.05) is 26.8 Å². The monoisotopic (exact) mass is 337 g/mol. The van der Waals surface area contributed by atoms with E-state index < -0.39 is 0 Å². The molecule has 1 N–H and O–H groups in total. The van der Waals surface area contributed by atoms with E-state index in [0.29, 0.717) is 17.9 Å². The van der Waals surface area contributed by atoms with Crippen LogP contribution in [0.4, 0.5) is 0 Å². The SMILES string of the molecule is CC(=C[C@H](C(C)C)N(C)C(=O)CNC=O)C(=O)N1CCCC(C)C1. The molecule has 1 fully saturated rings. The van der Waals surface area contributed by atoms with Gasteiger partial charge in [-0.15, -0.1) is 0 Å². The zero-order valence-electron chi connectivity index (χ0n) is 15.5. The third kappa shape index (κ3) is 5.65. The van der Waals surface area contributed by atoms with Crippen molar-refractivity contribution in [1.29, 1.82) is 0 Å². The van der Waals surface area contributed by atoms with Crippen LogP contribution in [0.5, 0.6) is 0 Å². The number of amides is 3. The van der Waals surface area contributed by atoms with E-state index in [1.807, 2.05) is 31.7 Å². The van der Waals surface area contributed by atoms with E-state index in [4.69, 9.17) is 0 Å². The predicted octanol–water partition coefficient (Wildman–Crippen LogP) is 1.42. The smallest absolute Gasteiger partial charge is 0.249 e. The molecule has 0 saturated carbocycles. The van der Waals surface area contributed by atoms with Crippen LogP contribution in [0.2, 0.25) is 0 Å². The Morgan fingerprint density at radius 2 is 2.04 bits per heavy atom. The van der Waals surface area contributed by atoms with Crippen molar-refractivity contribution >= 4 is 18.2 Å². The van der Waals surface area contributed by atoms with Gasteiger partial charge in [0, 0.05) is 25.7 Å². The topological polar surface area (TPSA) is 69.7 Å². The lowest BCUT2D eigenvalue weighted by molar-refractivity contribution is -0.132. The average Bonchev–Trinajstić information content (AvgIpc) is 2.55. The Labute approximate surface area is 145 Å². The van der Waals surface area contributed by atoms with Crippen LogP contribution in [-0.4, -0.2) is 60.7 Å². The fraction of sp³-hybridized carbons (Fsp3) is 0.722. The second-order valence-corrected chi connectivity index (χ2v) is 7.09. The van der Waals surface area contributed by atoms with Gasteiger partial charge in [0.15, 0.2) is 0 Å². The molecule has 0 bridgehead atoms. The van der Waals surface area contributed by atoms with Crippen LogP contribution in [-0.2, 0) is 14.4 Å². The summed E-state index contributed by atoms with van der Waals surface area (Å²) < 4.78 is 0. The molecule has 136 valence electrons. The summed E-state index contributed by atoms with van der Waals surface area (Å²) in [7, 11) is 1.71. The summed E-state index contributed by atoms with van der Waals surface area (Å²) in [5.41, 5.74) is 0.672. The molecular formula is C18H31N3O3. The molecule has 24 heavy (non-hydrogen) atoms. The van der Waals surface area contributed by atoms with E-state index in [1.165, 1.54) is 6.42 Å². The molecule has 0 aromatic carbocycles. The minimum atomic E-state index is -0.183. The molecule has 1 rings (SSSR count). The van der Waals surface area contributed by atoms with Crippen LogP contribution < -0.4 is 5.32 Å². The number of hydrogen-bond donors (Lipinski definition) is 1. The Balaban J connectivity index is 2.83. The lowest BCUT2D eigenvalue weighted by Crippen LogP contribution is -2.44. The zero-order valence-corrected chi connectivity index (χ0v) is 15.5. The summed E-state index contributed by atoms with van der Waals surface area (Å²) in [5, 5.41) is 2.39. The zero-order chi connectivity index (χ0) is 18.3. The number of rotatable bonds is 7. The average molecular weight is 337 g/mol. The predicted molar refractivity (Wildman–Crippen MR) is 94.2 cm³/mol. The summed E-state index contributed by atoms with van der Waals surface area (Å²) in [5.74, 6) is 0.580. The third-order valence-corrected chi connectivity index (χ3v) is 4.56. The highest BCUT2D eigenvalue weighted by atomic mass is 16.2. The number of nitrogens with one attached hydrogen (secondary N) is 1. The maximum absolute atomic E-state index is 12.7. The molecule has 1 aliphatic rings. The van der Waals surface area contributed by atoms with Gasteiger partial charge < -0.3 is 15.1 Å². The van der Waals surface area contributed by atoms with E-state index in [2.05, 4.69) is 12.2 Å². The molecule has 1 heterocycles. The summed E-state index contributed by atoms with van der Waals surface area (Å²) >= 11 is 0. The number of likely N-dealkylation sites (tertiary alicyclic amines) is 1. The van der Waals surface area contributed by atoms with Gasteiger partial charge in [-0.25, -0.2) is 0 Å². The van der Waals surface area contributed by atoms with Crippen LogP contribution in [0.15, 0.2) is 11.6 Å². The van der Waals surface area contributed by atoms with Crippen molar-refractivity contribution in [2.75, 3.05) is 26.7 Å². The van der Waals surface area contributed by atoms with Crippen molar-refractivity contribution < 1.29 is 14.4 Å². The van der Waals surface area contributed by atoms with Crippen molar-refractivity contribution in [3.8, 4) is 0 Å². The van der Waals surface area contributed by atoms with Gasteiger partial charge in [0.1, 0.15) is 0 Å². The standard InChI is InChI=1S/C18H31N3O3/c1-13(2)16(20(5)17(23)10-19-12-22)9-15(4)18(24)21-8-6-7-14(3)11-21/h9,12-14,16H,6-8,10-11H2,1-5H3,(H,19,22)/t14?,16-/m1/s1. The van der Waals surface area contributed by atoms with Crippen molar-refractivity contribution in [3.63, 3.8) is 0 Å². The Hall–Kier alpha value is -1.85. The Bertz CT molecular complexity index is 488. The fourth-order valence-corrected chi connectivity index (χ4v) is 3.12. The maximum Gasteiger partial charge on any atom is 0.249 e. The van der Waals surface area contributed by atoms with Gasteiger partial charge in [0.2, 0.25) is 18.2 Å². The first kappa shape index (κ1) is 20.2. The van der Waals surface area contributed by atoms with Gasteiger partial charge in [0.25, 0.3) is 0 Å². The van der Waals surface area contributed by atoms with Crippen molar-refractivity contribution in [2.24, 2.45) is 11.8 Å². The second-order valence-electron chi connectivity index (χ2n) is 7.09. The number of nitrogens with zero attached hydrogens (tertiary/aromatic N) is 2. The molecule has 6 heteroatoms. The van der Waals surface area contributed by atoms with Crippen molar-refractivity contribution in [1.82, 2.24) is 15.1 Å².